The van der Waals surface area contributed by atoms with Crippen molar-refractivity contribution in [1.29, 1.82) is 0 Å². The van der Waals surface area contributed by atoms with Gasteiger partial charge in [-0.05, 0) is 40.5 Å². The average Bonchev–Trinajstić information content (AvgIpc) is 2.49. The molecule has 3 aromatic carbocycles. The van der Waals surface area contributed by atoms with E-state index in [0.717, 1.165) is 16.3 Å². The first kappa shape index (κ1) is 12.8. The monoisotopic (exact) mass is 266 g/mol. The molecule has 1 N–H and O–H groups in total. The Hall–Kier alpha value is -2.19. The van der Waals surface area contributed by atoms with Crippen LogP contribution < -0.4 is 0 Å². The van der Waals surface area contributed by atoms with Gasteiger partial charge in [-0.3, -0.25) is 0 Å². The third-order valence-corrected chi connectivity index (χ3v) is 3.63. The average molecular weight is 266 g/mol. The summed E-state index contributed by atoms with van der Waals surface area (Å²) in [6.07, 6.45) is -0.823. The Morgan fingerprint density at radius 2 is 1.70 bits per heavy atom. The minimum Gasteiger partial charge on any atom is -0.384 e. The molecule has 100 valence electrons. The van der Waals surface area contributed by atoms with Crippen molar-refractivity contribution in [1.82, 2.24) is 0 Å². The van der Waals surface area contributed by atoms with E-state index in [0.29, 0.717) is 11.1 Å². The summed E-state index contributed by atoms with van der Waals surface area (Å²) < 4.78 is 13.7. The Bertz CT molecular complexity index is 759. The summed E-state index contributed by atoms with van der Waals surface area (Å²) >= 11 is 0. The minimum absolute atomic E-state index is 0.290. The number of fused-ring (bicyclic) bond motifs is 1. The molecule has 20 heavy (non-hydrogen) atoms. The predicted octanol–water partition coefficient (Wildman–Crippen LogP) is 4.37. The quantitative estimate of drug-likeness (QED) is 0.730. The van der Waals surface area contributed by atoms with Gasteiger partial charge in [0.2, 0.25) is 0 Å². The molecule has 0 aliphatic carbocycles. The summed E-state index contributed by atoms with van der Waals surface area (Å²) in [4.78, 5) is 0. The van der Waals surface area contributed by atoms with Crippen molar-refractivity contribution in [3.05, 3.63) is 83.2 Å². The van der Waals surface area contributed by atoms with E-state index in [2.05, 4.69) is 0 Å². The van der Waals surface area contributed by atoms with E-state index in [1.54, 1.807) is 19.1 Å². The van der Waals surface area contributed by atoms with Gasteiger partial charge in [0.15, 0.2) is 0 Å². The molecule has 3 rings (SSSR count). The molecule has 0 bridgehead atoms. The Morgan fingerprint density at radius 3 is 2.50 bits per heavy atom. The summed E-state index contributed by atoms with van der Waals surface area (Å²) in [7, 11) is 0. The lowest BCUT2D eigenvalue weighted by molar-refractivity contribution is 0.221. The third kappa shape index (κ3) is 2.19. The van der Waals surface area contributed by atoms with Crippen molar-refractivity contribution in [3.63, 3.8) is 0 Å². The second kappa shape index (κ2) is 5.06. The second-order valence-corrected chi connectivity index (χ2v) is 4.98. The fourth-order valence-corrected chi connectivity index (χ4v) is 2.45. The molecule has 0 aromatic heterocycles. The van der Waals surface area contributed by atoms with Gasteiger partial charge < -0.3 is 5.11 Å². The zero-order valence-corrected chi connectivity index (χ0v) is 11.2. The maximum atomic E-state index is 13.7. The van der Waals surface area contributed by atoms with E-state index in [1.165, 1.54) is 6.07 Å². The normalized spacial score (nSPS) is 12.6. The Labute approximate surface area is 117 Å². The lowest BCUT2D eigenvalue weighted by Gasteiger charge is -2.15. The van der Waals surface area contributed by atoms with E-state index >= 15 is 0 Å². The van der Waals surface area contributed by atoms with Crippen LogP contribution in [0.5, 0.6) is 0 Å². The van der Waals surface area contributed by atoms with Gasteiger partial charge in [0, 0.05) is 0 Å². The molecule has 0 heterocycles. The Morgan fingerprint density at radius 1 is 0.950 bits per heavy atom. The zero-order chi connectivity index (χ0) is 14.1. The van der Waals surface area contributed by atoms with Gasteiger partial charge in [-0.15, -0.1) is 0 Å². The molecular formula is C18H15FO. The van der Waals surface area contributed by atoms with Gasteiger partial charge in [0.1, 0.15) is 11.9 Å². The highest BCUT2D eigenvalue weighted by Crippen LogP contribution is 2.29. The number of hydrogen-bond acceptors (Lipinski definition) is 1. The molecule has 2 heteroatoms. The molecule has 0 saturated heterocycles. The van der Waals surface area contributed by atoms with Crippen LogP contribution in [0.3, 0.4) is 0 Å². The lowest BCUT2D eigenvalue weighted by Crippen LogP contribution is -2.01. The molecule has 1 unspecified atom stereocenters. The summed E-state index contributed by atoms with van der Waals surface area (Å²) in [5, 5.41) is 12.6. The van der Waals surface area contributed by atoms with Gasteiger partial charge in [-0.1, -0.05) is 54.6 Å². The number of hydrogen-bond donors (Lipinski definition) is 1. The second-order valence-electron chi connectivity index (χ2n) is 4.98. The predicted molar refractivity (Wildman–Crippen MR) is 79.1 cm³/mol. The molecule has 0 aliphatic rings. The highest BCUT2D eigenvalue weighted by atomic mass is 19.1. The minimum atomic E-state index is -0.823. The van der Waals surface area contributed by atoms with E-state index in [9.17, 15) is 9.50 Å². The molecule has 0 radical (unpaired) electrons. The van der Waals surface area contributed by atoms with Crippen LogP contribution in [0.15, 0.2) is 60.7 Å². The third-order valence-electron chi connectivity index (χ3n) is 3.63. The summed E-state index contributed by atoms with van der Waals surface area (Å²) in [5.41, 5.74) is 1.95. The SMILES string of the molecule is Cc1ccc(C(O)c2cccc3ccccc23)cc1F. The van der Waals surface area contributed by atoms with Crippen LogP contribution in [0.4, 0.5) is 4.39 Å². The topological polar surface area (TPSA) is 20.2 Å². The molecule has 0 fully saturated rings. The Kier molecular flexibility index (Phi) is 3.25. The van der Waals surface area contributed by atoms with Gasteiger partial charge in [0.25, 0.3) is 0 Å². The van der Waals surface area contributed by atoms with Gasteiger partial charge in [-0.25, -0.2) is 4.39 Å². The maximum Gasteiger partial charge on any atom is 0.126 e. The van der Waals surface area contributed by atoms with Crippen LogP contribution in [-0.2, 0) is 0 Å². The fourth-order valence-electron chi connectivity index (χ4n) is 2.45. The summed E-state index contributed by atoms with van der Waals surface area (Å²) in [6, 6.07) is 18.5. The highest BCUT2D eigenvalue weighted by molar-refractivity contribution is 5.86. The molecule has 0 spiro atoms. The number of aryl methyl sites for hydroxylation is 1. The first-order chi connectivity index (χ1) is 9.66. The molecular weight excluding hydrogens is 251 g/mol. The van der Waals surface area contributed by atoms with E-state index in [4.69, 9.17) is 0 Å². The van der Waals surface area contributed by atoms with Crippen molar-refractivity contribution in [3.8, 4) is 0 Å². The maximum absolute atomic E-state index is 13.7. The number of aliphatic hydroxyl groups excluding tert-OH is 1. The summed E-state index contributed by atoms with van der Waals surface area (Å²) in [6.45, 7) is 1.71. The molecule has 1 nitrogen and oxygen atoms in total. The standard InChI is InChI=1S/C18H15FO/c1-12-9-10-14(11-17(12)19)18(20)16-8-4-6-13-5-2-3-7-15(13)16/h2-11,18,20H,1H3. The van der Waals surface area contributed by atoms with Gasteiger partial charge in [-0.2, -0.15) is 0 Å². The number of halogens is 1. The van der Waals surface area contributed by atoms with Crippen LogP contribution >= 0.6 is 0 Å². The molecule has 1 atom stereocenters. The van der Waals surface area contributed by atoms with Crippen LogP contribution in [0, 0.1) is 12.7 Å². The number of benzene rings is 3. The lowest BCUT2D eigenvalue weighted by atomic mass is 9.95. The van der Waals surface area contributed by atoms with Crippen molar-refractivity contribution < 1.29 is 9.50 Å². The van der Waals surface area contributed by atoms with Gasteiger partial charge in [0.05, 0.1) is 0 Å². The fraction of sp³-hybridized carbons (Fsp3) is 0.111. The highest BCUT2D eigenvalue weighted by Gasteiger charge is 2.14. The van der Waals surface area contributed by atoms with Crippen molar-refractivity contribution >= 4 is 10.8 Å². The van der Waals surface area contributed by atoms with Crippen molar-refractivity contribution in [2.24, 2.45) is 0 Å². The van der Waals surface area contributed by atoms with Crippen LogP contribution in [0.25, 0.3) is 10.8 Å². The number of rotatable bonds is 2. The summed E-state index contributed by atoms with van der Waals surface area (Å²) in [5.74, 6) is -0.290. The molecule has 0 aliphatic heterocycles. The van der Waals surface area contributed by atoms with E-state index in [1.807, 2.05) is 42.5 Å². The first-order valence-corrected chi connectivity index (χ1v) is 6.58. The molecule has 3 aromatic rings. The van der Waals surface area contributed by atoms with Crippen molar-refractivity contribution in [2.75, 3.05) is 0 Å². The zero-order valence-electron chi connectivity index (χ0n) is 11.2. The van der Waals surface area contributed by atoms with Crippen molar-refractivity contribution in [2.45, 2.75) is 13.0 Å². The van der Waals surface area contributed by atoms with Gasteiger partial charge >= 0.3 is 0 Å². The van der Waals surface area contributed by atoms with E-state index < -0.39 is 6.10 Å². The van der Waals surface area contributed by atoms with Crippen LogP contribution in [0.2, 0.25) is 0 Å². The Balaban J connectivity index is 2.12. The van der Waals surface area contributed by atoms with Crippen LogP contribution in [0.1, 0.15) is 22.8 Å². The molecule has 0 amide bonds. The largest absolute Gasteiger partial charge is 0.384 e. The first-order valence-electron chi connectivity index (χ1n) is 6.58. The van der Waals surface area contributed by atoms with E-state index in [-0.39, 0.29) is 5.82 Å². The van der Waals surface area contributed by atoms with Crippen LogP contribution in [-0.4, -0.2) is 5.11 Å². The molecule has 0 saturated carbocycles. The number of aliphatic hydroxyl groups is 1. The smallest absolute Gasteiger partial charge is 0.126 e.